The van der Waals surface area contributed by atoms with Gasteiger partial charge in [-0.3, -0.25) is 9.69 Å². The number of nitrogens with one attached hydrogen (secondary N) is 1. The number of allylic oxidation sites excluding steroid dienone is 1. The van der Waals surface area contributed by atoms with Gasteiger partial charge in [-0.1, -0.05) is 42.0 Å². The summed E-state index contributed by atoms with van der Waals surface area (Å²) in [6.45, 7) is 7.34. The molecule has 1 amide bonds. The number of anilines is 1. The maximum atomic E-state index is 12.8. The molecule has 6 nitrogen and oxygen atoms in total. The van der Waals surface area contributed by atoms with Gasteiger partial charge in [-0.15, -0.1) is 0 Å². The Labute approximate surface area is 167 Å². The second kappa shape index (κ2) is 9.66. The fourth-order valence-electron chi connectivity index (χ4n) is 3.58. The lowest BCUT2D eigenvalue weighted by atomic mass is 10.1. The van der Waals surface area contributed by atoms with E-state index in [9.17, 15) is 4.79 Å². The van der Waals surface area contributed by atoms with Crippen molar-refractivity contribution >= 4 is 11.7 Å². The predicted molar refractivity (Wildman–Crippen MR) is 111 cm³/mol. The van der Waals surface area contributed by atoms with E-state index in [1.165, 1.54) is 5.57 Å². The first-order valence-corrected chi connectivity index (χ1v) is 9.86. The summed E-state index contributed by atoms with van der Waals surface area (Å²) < 4.78 is 7.39. The minimum atomic E-state index is -0.643. The zero-order valence-electron chi connectivity index (χ0n) is 17.0. The van der Waals surface area contributed by atoms with Crippen molar-refractivity contribution in [3.05, 3.63) is 59.8 Å². The van der Waals surface area contributed by atoms with E-state index in [2.05, 4.69) is 35.2 Å². The van der Waals surface area contributed by atoms with Crippen molar-refractivity contribution in [3.63, 3.8) is 0 Å². The fraction of sp³-hybridized carbons (Fsp3) is 0.455. The SMILES string of the molecule is COC(C(=O)Nc1ccnn1C1CCN(CC=C(C)C)CC1)c1ccccc1. The average Bonchev–Trinajstić information content (AvgIpc) is 3.16. The van der Waals surface area contributed by atoms with E-state index in [0.717, 1.165) is 43.9 Å². The zero-order chi connectivity index (χ0) is 19.9. The zero-order valence-corrected chi connectivity index (χ0v) is 17.0. The molecule has 1 aliphatic rings. The molecule has 0 radical (unpaired) electrons. The van der Waals surface area contributed by atoms with Crippen LogP contribution in [0.4, 0.5) is 5.82 Å². The third-order valence-electron chi connectivity index (χ3n) is 5.16. The number of hydrogen-bond acceptors (Lipinski definition) is 4. The van der Waals surface area contributed by atoms with Crippen molar-refractivity contribution < 1.29 is 9.53 Å². The number of aromatic nitrogens is 2. The molecule has 1 aliphatic heterocycles. The number of amides is 1. The van der Waals surface area contributed by atoms with Crippen molar-refractivity contribution in [1.29, 1.82) is 0 Å². The molecule has 0 saturated carbocycles. The average molecular weight is 383 g/mol. The number of methoxy groups -OCH3 is 1. The number of hydrogen-bond donors (Lipinski definition) is 1. The van der Waals surface area contributed by atoms with Gasteiger partial charge in [0.1, 0.15) is 5.82 Å². The summed E-state index contributed by atoms with van der Waals surface area (Å²) in [6, 6.07) is 11.7. The molecule has 0 aliphatic carbocycles. The van der Waals surface area contributed by atoms with E-state index < -0.39 is 6.10 Å². The number of nitrogens with zero attached hydrogens (tertiary/aromatic N) is 3. The Morgan fingerprint density at radius 2 is 1.96 bits per heavy atom. The molecule has 0 bridgehead atoms. The Hall–Kier alpha value is -2.44. The van der Waals surface area contributed by atoms with Crippen LogP contribution in [0.1, 0.15) is 44.4 Å². The summed E-state index contributed by atoms with van der Waals surface area (Å²) >= 11 is 0. The lowest BCUT2D eigenvalue weighted by Crippen LogP contribution is -2.35. The molecular formula is C22H30N4O2. The summed E-state index contributed by atoms with van der Waals surface area (Å²) in [5.41, 5.74) is 2.19. The van der Waals surface area contributed by atoms with Gasteiger partial charge in [0.05, 0.1) is 12.2 Å². The monoisotopic (exact) mass is 382 g/mol. The number of rotatable bonds is 7. The molecule has 1 atom stereocenters. The second-order valence-electron chi connectivity index (χ2n) is 7.49. The molecular weight excluding hydrogens is 352 g/mol. The van der Waals surface area contributed by atoms with Gasteiger partial charge in [-0.25, -0.2) is 4.68 Å². The lowest BCUT2D eigenvalue weighted by Gasteiger charge is -2.32. The van der Waals surface area contributed by atoms with Crippen molar-refractivity contribution in [2.75, 3.05) is 32.1 Å². The van der Waals surface area contributed by atoms with E-state index in [-0.39, 0.29) is 5.91 Å². The van der Waals surface area contributed by atoms with Gasteiger partial charge in [-0.05, 0) is 32.3 Å². The van der Waals surface area contributed by atoms with E-state index >= 15 is 0 Å². The van der Waals surface area contributed by atoms with Crippen LogP contribution in [0, 0.1) is 0 Å². The van der Waals surface area contributed by atoms with Gasteiger partial charge in [0.2, 0.25) is 0 Å². The van der Waals surface area contributed by atoms with Crippen molar-refractivity contribution in [3.8, 4) is 0 Å². The molecule has 1 saturated heterocycles. The molecule has 6 heteroatoms. The molecule has 2 heterocycles. The summed E-state index contributed by atoms with van der Waals surface area (Å²) in [4.78, 5) is 15.2. The third-order valence-corrected chi connectivity index (χ3v) is 5.16. The molecule has 1 fully saturated rings. The van der Waals surface area contributed by atoms with Crippen LogP contribution in [-0.2, 0) is 9.53 Å². The van der Waals surface area contributed by atoms with Crippen LogP contribution in [0.2, 0.25) is 0 Å². The number of likely N-dealkylation sites (tertiary alicyclic amines) is 1. The molecule has 1 N–H and O–H groups in total. The minimum Gasteiger partial charge on any atom is -0.367 e. The van der Waals surface area contributed by atoms with Crippen molar-refractivity contribution in [2.24, 2.45) is 0 Å². The first kappa shape index (κ1) is 20.3. The largest absolute Gasteiger partial charge is 0.367 e. The van der Waals surface area contributed by atoms with Crippen LogP contribution < -0.4 is 5.32 Å². The van der Waals surface area contributed by atoms with E-state index in [0.29, 0.717) is 6.04 Å². The maximum absolute atomic E-state index is 12.8. The molecule has 1 aromatic heterocycles. The number of benzene rings is 1. The van der Waals surface area contributed by atoms with Gasteiger partial charge in [0.25, 0.3) is 5.91 Å². The minimum absolute atomic E-state index is 0.184. The summed E-state index contributed by atoms with van der Waals surface area (Å²) in [5, 5.41) is 7.48. The lowest BCUT2D eigenvalue weighted by molar-refractivity contribution is -0.126. The van der Waals surface area contributed by atoms with Crippen LogP contribution in [0.5, 0.6) is 0 Å². The number of ether oxygens (including phenoxy) is 1. The molecule has 150 valence electrons. The maximum Gasteiger partial charge on any atom is 0.259 e. The first-order valence-electron chi connectivity index (χ1n) is 9.86. The van der Waals surface area contributed by atoms with E-state index in [1.54, 1.807) is 13.3 Å². The second-order valence-corrected chi connectivity index (χ2v) is 7.49. The Morgan fingerprint density at radius 3 is 2.61 bits per heavy atom. The summed E-state index contributed by atoms with van der Waals surface area (Å²) in [6.07, 6.45) is 5.42. The van der Waals surface area contributed by atoms with Crippen LogP contribution in [0.25, 0.3) is 0 Å². The first-order chi connectivity index (χ1) is 13.6. The Kier molecular flexibility index (Phi) is 7.01. The molecule has 1 unspecified atom stereocenters. The van der Waals surface area contributed by atoms with Gasteiger partial charge < -0.3 is 10.1 Å². The van der Waals surface area contributed by atoms with E-state index in [4.69, 9.17) is 4.74 Å². The number of piperidine rings is 1. The topological polar surface area (TPSA) is 59.4 Å². The van der Waals surface area contributed by atoms with Crippen LogP contribution >= 0.6 is 0 Å². The molecule has 2 aromatic rings. The van der Waals surface area contributed by atoms with E-state index in [1.807, 2.05) is 41.1 Å². The molecule has 1 aromatic carbocycles. The predicted octanol–water partition coefficient (Wildman–Crippen LogP) is 3.81. The quantitative estimate of drug-likeness (QED) is 0.740. The highest BCUT2D eigenvalue weighted by molar-refractivity contribution is 5.94. The molecule has 28 heavy (non-hydrogen) atoms. The fourth-order valence-corrected chi connectivity index (χ4v) is 3.58. The van der Waals surface area contributed by atoms with Crippen LogP contribution in [0.15, 0.2) is 54.2 Å². The highest BCUT2D eigenvalue weighted by Gasteiger charge is 2.25. The Balaban J connectivity index is 1.63. The van der Waals surface area contributed by atoms with Crippen LogP contribution in [0.3, 0.4) is 0 Å². The highest BCUT2D eigenvalue weighted by atomic mass is 16.5. The van der Waals surface area contributed by atoms with Gasteiger partial charge in [0.15, 0.2) is 6.10 Å². The molecule has 3 rings (SSSR count). The van der Waals surface area contributed by atoms with Gasteiger partial charge >= 0.3 is 0 Å². The Bertz CT molecular complexity index is 788. The number of carbonyl (C=O) groups is 1. The third kappa shape index (κ3) is 5.09. The smallest absolute Gasteiger partial charge is 0.259 e. The molecule has 0 spiro atoms. The highest BCUT2D eigenvalue weighted by Crippen LogP contribution is 2.26. The normalized spacial score (nSPS) is 16.5. The standard InChI is InChI=1S/C22H30N4O2/c1-17(2)10-14-25-15-11-19(12-16-25)26-20(9-13-23-26)24-22(27)21(28-3)18-7-5-4-6-8-18/h4-10,13,19,21H,11-12,14-16H2,1-3H3,(H,24,27). The number of carbonyl (C=O) groups excluding carboxylic acids is 1. The van der Waals surface area contributed by atoms with Crippen molar-refractivity contribution in [1.82, 2.24) is 14.7 Å². The van der Waals surface area contributed by atoms with Crippen LogP contribution in [-0.4, -0.2) is 47.3 Å². The summed E-state index contributed by atoms with van der Waals surface area (Å²) in [7, 11) is 1.55. The van der Waals surface area contributed by atoms with Crippen molar-refractivity contribution in [2.45, 2.75) is 38.8 Å². The summed E-state index contributed by atoms with van der Waals surface area (Å²) in [5.74, 6) is 0.544. The van der Waals surface area contributed by atoms with Gasteiger partial charge in [-0.2, -0.15) is 5.10 Å². The van der Waals surface area contributed by atoms with Gasteiger partial charge in [0, 0.05) is 32.8 Å². The Morgan fingerprint density at radius 1 is 1.25 bits per heavy atom.